The van der Waals surface area contributed by atoms with Gasteiger partial charge in [0.1, 0.15) is 0 Å². The van der Waals surface area contributed by atoms with E-state index in [2.05, 4.69) is 5.32 Å². The second-order valence-electron chi connectivity index (χ2n) is 6.99. The molecule has 1 N–H and O–H groups in total. The zero-order chi connectivity index (χ0) is 22.1. The van der Waals surface area contributed by atoms with E-state index in [1.807, 2.05) is 67.6 Å². The van der Waals surface area contributed by atoms with Crippen LogP contribution in [0.3, 0.4) is 0 Å². The topological polar surface area (TPSA) is 72.5 Å². The Kier molecular flexibility index (Phi) is 7.49. The van der Waals surface area contributed by atoms with Crippen molar-refractivity contribution in [2.75, 3.05) is 0 Å². The molecule has 3 aromatic rings. The Labute approximate surface area is 181 Å². The van der Waals surface area contributed by atoms with E-state index in [1.165, 1.54) is 6.08 Å². The van der Waals surface area contributed by atoms with Gasteiger partial charge in [-0.15, -0.1) is 0 Å². The first kappa shape index (κ1) is 21.7. The SMILES string of the molecule is Cc1ccc(C(=O)C(OC(=O)C=Cc2ccccc2)C(=O)NCc2ccccc2)cc1. The Morgan fingerprint density at radius 2 is 1.48 bits per heavy atom. The molecule has 5 heteroatoms. The van der Waals surface area contributed by atoms with Crippen LogP contribution in [0, 0.1) is 6.92 Å². The van der Waals surface area contributed by atoms with Crippen molar-refractivity contribution in [3.8, 4) is 0 Å². The molecule has 0 aliphatic rings. The first-order chi connectivity index (χ1) is 15.0. The smallest absolute Gasteiger partial charge is 0.332 e. The Hall–Kier alpha value is -3.99. The lowest BCUT2D eigenvalue weighted by Crippen LogP contribution is -2.42. The van der Waals surface area contributed by atoms with Gasteiger partial charge in [0, 0.05) is 18.2 Å². The lowest BCUT2D eigenvalue weighted by Gasteiger charge is -2.16. The number of esters is 1. The van der Waals surface area contributed by atoms with Crippen molar-refractivity contribution in [2.24, 2.45) is 0 Å². The van der Waals surface area contributed by atoms with Gasteiger partial charge >= 0.3 is 5.97 Å². The van der Waals surface area contributed by atoms with Gasteiger partial charge in [-0.25, -0.2) is 4.79 Å². The number of ketones is 1. The van der Waals surface area contributed by atoms with Crippen LogP contribution in [0.1, 0.15) is 27.0 Å². The predicted molar refractivity (Wildman–Crippen MR) is 119 cm³/mol. The second-order valence-corrected chi connectivity index (χ2v) is 6.99. The third-order valence-corrected chi connectivity index (χ3v) is 4.57. The molecule has 0 spiro atoms. The highest BCUT2D eigenvalue weighted by Crippen LogP contribution is 2.11. The van der Waals surface area contributed by atoms with Crippen LogP contribution in [0.5, 0.6) is 0 Å². The van der Waals surface area contributed by atoms with Gasteiger partial charge in [-0.3, -0.25) is 9.59 Å². The minimum absolute atomic E-state index is 0.217. The molecule has 3 rings (SSSR count). The van der Waals surface area contributed by atoms with Crippen molar-refractivity contribution in [2.45, 2.75) is 19.6 Å². The minimum atomic E-state index is -1.58. The van der Waals surface area contributed by atoms with Crippen LogP contribution in [0.15, 0.2) is 91.0 Å². The Balaban J connectivity index is 1.75. The number of carbonyl (C=O) groups excluding carboxylic acids is 3. The molecule has 0 aliphatic carbocycles. The second kappa shape index (κ2) is 10.7. The Morgan fingerprint density at radius 1 is 0.871 bits per heavy atom. The van der Waals surface area contributed by atoms with Crippen LogP contribution < -0.4 is 5.32 Å². The fraction of sp³-hybridized carbons (Fsp3) is 0.115. The number of hydrogen-bond donors (Lipinski definition) is 1. The van der Waals surface area contributed by atoms with Crippen LogP contribution >= 0.6 is 0 Å². The van der Waals surface area contributed by atoms with E-state index in [1.54, 1.807) is 30.3 Å². The van der Waals surface area contributed by atoms with Gasteiger partial charge < -0.3 is 10.1 Å². The first-order valence-corrected chi connectivity index (χ1v) is 9.89. The fourth-order valence-corrected chi connectivity index (χ4v) is 2.86. The number of nitrogens with one attached hydrogen (secondary N) is 1. The predicted octanol–water partition coefficient (Wildman–Crippen LogP) is 4.12. The summed E-state index contributed by atoms with van der Waals surface area (Å²) in [6, 6.07) is 25.2. The molecule has 31 heavy (non-hydrogen) atoms. The van der Waals surface area contributed by atoms with Crippen LogP contribution in [0.25, 0.3) is 6.08 Å². The molecule has 0 aliphatic heterocycles. The summed E-state index contributed by atoms with van der Waals surface area (Å²) in [5, 5.41) is 2.68. The summed E-state index contributed by atoms with van der Waals surface area (Å²) >= 11 is 0. The average Bonchev–Trinajstić information content (AvgIpc) is 2.81. The fourth-order valence-electron chi connectivity index (χ4n) is 2.86. The summed E-state index contributed by atoms with van der Waals surface area (Å²) in [7, 11) is 0. The van der Waals surface area contributed by atoms with E-state index in [-0.39, 0.29) is 6.54 Å². The monoisotopic (exact) mass is 413 g/mol. The standard InChI is InChI=1S/C26H23NO4/c1-19-12-15-22(16-13-19)24(29)25(26(30)27-18-21-10-6-3-7-11-21)31-23(28)17-14-20-8-4-2-5-9-20/h2-17,25H,18H2,1H3,(H,27,30). The largest absolute Gasteiger partial charge is 0.441 e. The maximum Gasteiger partial charge on any atom is 0.332 e. The molecular weight excluding hydrogens is 390 g/mol. The number of ether oxygens (including phenoxy) is 1. The van der Waals surface area contributed by atoms with Crippen molar-refractivity contribution >= 4 is 23.7 Å². The highest BCUT2D eigenvalue weighted by Gasteiger charge is 2.31. The van der Waals surface area contributed by atoms with Crippen molar-refractivity contribution < 1.29 is 19.1 Å². The maximum absolute atomic E-state index is 13.0. The summed E-state index contributed by atoms with van der Waals surface area (Å²) in [5.74, 6) is -2.02. The van der Waals surface area contributed by atoms with Crippen LogP contribution in [-0.4, -0.2) is 23.8 Å². The van der Waals surface area contributed by atoms with E-state index in [9.17, 15) is 14.4 Å². The third kappa shape index (κ3) is 6.51. The van der Waals surface area contributed by atoms with E-state index in [0.717, 1.165) is 16.7 Å². The molecule has 0 saturated carbocycles. The Bertz CT molecular complexity index is 1060. The van der Waals surface area contributed by atoms with Crippen LogP contribution in [-0.2, 0) is 20.9 Å². The quantitative estimate of drug-likeness (QED) is 0.261. The minimum Gasteiger partial charge on any atom is -0.441 e. The summed E-state index contributed by atoms with van der Waals surface area (Å²) < 4.78 is 5.28. The number of carbonyl (C=O) groups is 3. The third-order valence-electron chi connectivity index (χ3n) is 4.57. The molecule has 0 bridgehead atoms. The summed E-state index contributed by atoms with van der Waals surface area (Å²) in [6.07, 6.45) is 1.19. The van der Waals surface area contributed by atoms with Crippen molar-refractivity contribution in [3.05, 3.63) is 113 Å². The lowest BCUT2D eigenvalue weighted by atomic mass is 10.0. The molecular formula is C26H23NO4. The molecule has 0 saturated heterocycles. The lowest BCUT2D eigenvalue weighted by molar-refractivity contribution is -0.148. The van der Waals surface area contributed by atoms with Crippen molar-refractivity contribution in [1.82, 2.24) is 5.32 Å². The van der Waals surface area contributed by atoms with Gasteiger partial charge in [0.15, 0.2) is 0 Å². The number of aryl methyl sites for hydroxylation is 1. The molecule has 0 heterocycles. The zero-order valence-corrected chi connectivity index (χ0v) is 17.2. The number of rotatable bonds is 8. The average molecular weight is 413 g/mol. The molecule has 1 amide bonds. The number of hydrogen-bond acceptors (Lipinski definition) is 4. The van der Waals surface area contributed by atoms with Gasteiger partial charge in [-0.1, -0.05) is 90.5 Å². The van der Waals surface area contributed by atoms with Gasteiger partial charge in [-0.2, -0.15) is 0 Å². The molecule has 156 valence electrons. The van der Waals surface area contributed by atoms with Crippen molar-refractivity contribution in [1.29, 1.82) is 0 Å². The molecule has 0 fully saturated rings. The number of amides is 1. The first-order valence-electron chi connectivity index (χ1n) is 9.89. The van der Waals surface area contributed by atoms with Crippen LogP contribution in [0.4, 0.5) is 0 Å². The van der Waals surface area contributed by atoms with E-state index in [0.29, 0.717) is 5.56 Å². The summed E-state index contributed by atoms with van der Waals surface area (Å²) in [5.41, 5.74) is 2.94. The van der Waals surface area contributed by atoms with Gasteiger partial charge in [0.2, 0.25) is 11.9 Å². The Morgan fingerprint density at radius 3 is 2.13 bits per heavy atom. The zero-order valence-electron chi connectivity index (χ0n) is 17.2. The van der Waals surface area contributed by atoms with E-state index in [4.69, 9.17) is 4.74 Å². The summed E-state index contributed by atoms with van der Waals surface area (Å²) in [6.45, 7) is 2.11. The van der Waals surface area contributed by atoms with Crippen molar-refractivity contribution in [3.63, 3.8) is 0 Å². The molecule has 1 unspecified atom stereocenters. The highest BCUT2D eigenvalue weighted by molar-refractivity contribution is 6.14. The number of benzene rings is 3. The van der Waals surface area contributed by atoms with Gasteiger partial charge in [0.25, 0.3) is 5.91 Å². The molecule has 0 aromatic heterocycles. The van der Waals surface area contributed by atoms with E-state index < -0.39 is 23.8 Å². The molecule has 0 radical (unpaired) electrons. The number of Topliss-reactive ketones (excluding diaryl/α,β-unsaturated/α-hetero) is 1. The van der Waals surface area contributed by atoms with Crippen LogP contribution in [0.2, 0.25) is 0 Å². The molecule has 3 aromatic carbocycles. The van der Waals surface area contributed by atoms with Gasteiger partial charge in [-0.05, 0) is 24.1 Å². The summed E-state index contributed by atoms with van der Waals surface area (Å²) in [4.78, 5) is 38.1. The molecule has 5 nitrogen and oxygen atoms in total. The normalized spacial score (nSPS) is 11.6. The van der Waals surface area contributed by atoms with Gasteiger partial charge in [0.05, 0.1) is 0 Å². The van der Waals surface area contributed by atoms with E-state index >= 15 is 0 Å². The highest BCUT2D eigenvalue weighted by atomic mass is 16.6. The molecule has 1 atom stereocenters. The maximum atomic E-state index is 13.0.